The average Bonchev–Trinajstić information content (AvgIpc) is 2.84. The molecule has 3 aromatic carbocycles. The Morgan fingerprint density at radius 2 is 1.38 bits per heavy atom. The molecule has 166 valence electrons. The van der Waals surface area contributed by atoms with E-state index < -0.39 is 0 Å². The number of nitrogens with one attached hydrogen (secondary N) is 1. The first kappa shape index (κ1) is 22.4. The highest BCUT2D eigenvalue weighted by atomic mass is 19.1. The van der Waals surface area contributed by atoms with E-state index >= 15 is 0 Å². The molecule has 1 atom stereocenters. The molecule has 1 N–H and O–H groups in total. The van der Waals surface area contributed by atoms with Gasteiger partial charge in [0.2, 0.25) is 0 Å². The zero-order chi connectivity index (χ0) is 22.2. The Balaban J connectivity index is 1.65. The topological polar surface area (TPSA) is 32.3 Å². The third kappa shape index (κ3) is 6.12. The van der Waals surface area contributed by atoms with Gasteiger partial charge in [-0.15, -0.1) is 0 Å². The Morgan fingerprint density at radius 1 is 0.844 bits per heavy atom. The van der Waals surface area contributed by atoms with Gasteiger partial charge >= 0.3 is 0 Å². The summed E-state index contributed by atoms with van der Waals surface area (Å²) in [6.07, 6.45) is 2.23. The van der Waals surface area contributed by atoms with Crippen molar-refractivity contribution in [3.8, 4) is 0 Å². The molecule has 0 aliphatic carbocycles. The van der Waals surface area contributed by atoms with Gasteiger partial charge in [-0.25, -0.2) is 4.39 Å². The maximum Gasteiger partial charge on any atom is 0.137 e. The van der Waals surface area contributed by atoms with E-state index in [0.29, 0.717) is 12.2 Å². The highest BCUT2D eigenvalue weighted by Crippen LogP contribution is 2.31. The zero-order valence-electron chi connectivity index (χ0n) is 18.4. The maximum absolute atomic E-state index is 13.7. The van der Waals surface area contributed by atoms with Crippen LogP contribution >= 0.6 is 0 Å². The average molecular weight is 431 g/mol. The zero-order valence-corrected chi connectivity index (χ0v) is 18.4. The molecule has 3 aromatic rings. The van der Waals surface area contributed by atoms with Crippen molar-refractivity contribution in [2.45, 2.75) is 38.4 Å². The van der Waals surface area contributed by atoms with Gasteiger partial charge < -0.3 is 5.32 Å². The summed E-state index contributed by atoms with van der Waals surface area (Å²) in [5.74, 6) is 0.163. The third-order valence-corrected chi connectivity index (χ3v) is 6.34. The molecule has 1 fully saturated rings. The molecule has 32 heavy (non-hydrogen) atoms. The van der Waals surface area contributed by atoms with Crippen molar-refractivity contribution in [1.29, 1.82) is 0 Å². The number of hydrogen-bond donors (Lipinski definition) is 1. The van der Waals surface area contributed by atoms with E-state index in [2.05, 4.69) is 34.5 Å². The molecule has 1 aliphatic rings. The molecule has 0 aromatic heterocycles. The van der Waals surface area contributed by atoms with Crippen molar-refractivity contribution in [3.63, 3.8) is 0 Å². The lowest BCUT2D eigenvalue weighted by Crippen LogP contribution is -2.35. The van der Waals surface area contributed by atoms with Crippen LogP contribution in [0.2, 0.25) is 0 Å². The lowest BCUT2D eigenvalue weighted by Gasteiger charge is -2.33. The molecule has 0 saturated carbocycles. The Hall–Kier alpha value is -2.82. The first-order valence-electron chi connectivity index (χ1n) is 11.5. The number of carbonyl (C=O) groups is 1. The van der Waals surface area contributed by atoms with E-state index in [1.165, 1.54) is 23.3 Å². The normalized spacial score (nSPS) is 15.6. The lowest BCUT2D eigenvalue weighted by molar-refractivity contribution is -0.125. The van der Waals surface area contributed by atoms with Crippen LogP contribution in [0.1, 0.15) is 42.0 Å². The number of piperidine rings is 1. The van der Waals surface area contributed by atoms with Gasteiger partial charge in [-0.05, 0) is 54.8 Å². The summed E-state index contributed by atoms with van der Waals surface area (Å²) >= 11 is 0. The molecule has 1 saturated heterocycles. The van der Waals surface area contributed by atoms with Crippen LogP contribution in [0.25, 0.3) is 0 Å². The number of halogens is 1. The Labute approximate surface area is 190 Å². The number of carbonyl (C=O) groups excluding carboxylic acids is 1. The summed E-state index contributed by atoms with van der Waals surface area (Å²) in [7, 11) is 0. The van der Waals surface area contributed by atoms with Crippen molar-refractivity contribution in [1.82, 2.24) is 10.2 Å². The van der Waals surface area contributed by atoms with Crippen LogP contribution in [0, 0.1) is 11.7 Å². The quantitative estimate of drug-likeness (QED) is 0.485. The molecule has 0 radical (unpaired) electrons. The second-order valence-electron chi connectivity index (χ2n) is 8.64. The predicted octanol–water partition coefficient (Wildman–Crippen LogP) is 5.53. The van der Waals surface area contributed by atoms with Crippen LogP contribution in [0.5, 0.6) is 0 Å². The van der Waals surface area contributed by atoms with Crippen molar-refractivity contribution in [2.24, 2.45) is 5.92 Å². The summed E-state index contributed by atoms with van der Waals surface area (Å²) in [5.41, 5.74) is 3.38. The van der Waals surface area contributed by atoms with Crippen LogP contribution in [0.3, 0.4) is 0 Å². The minimum Gasteiger partial charge on any atom is -0.317 e. The van der Waals surface area contributed by atoms with Crippen LogP contribution in [-0.2, 0) is 17.9 Å². The van der Waals surface area contributed by atoms with Crippen molar-refractivity contribution < 1.29 is 9.18 Å². The minimum absolute atomic E-state index is 0.106. The standard InChI is InChI=1S/C28H31FN2O/c29-26-13-11-24(12-14-26)27(19-28(32)25-15-17-30-18-16-25)31(20-22-7-3-1-4-8-22)21-23-9-5-2-6-10-23/h1-14,25,27,30H,15-21H2/t27-/m1/s1. The largest absolute Gasteiger partial charge is 0.317 e. The van der Waals surface area contributed by atoms with Crippen LogP contribution in [0.4, 0.5) is 4.39 Å². The second kappa shape index (κ2) is 11.2. The summed E-state index contributed by atoms with van der Waals surface area (Å²) in [5, 5.41) is 3.34. The molecule has 4 rings (SSSR count). The molecule has 4 heteroatoms. The Morgan fingerprint density at radius 3 is 1.91 bits per heavy atom. The van der Waals surface area contributed by atoms with Gasteiger partial charge in [-0.3, -0.25) is 9.69 Å². The highest BCUT2D eigenvalue weighted by Gasteiger charge is 2.28. The van der Waals surface area contributed by atoms with E-state index in [9.17, 15) is 9.18 Å². The number of Topliss-reactive ketones (excluding diaryl/α,β-unsaturated/α-hetero) is 1. The van der Waals surface area contributed by atoms with Crippen LogP contribution < -0.4 is 5.32 Å². The second-order valence-corrected chi connectivity index (χ2v) is 8.64. The first-order chi connectivity index (χ1) is 15.7. The Kier molecular flexibility index (Phi) is 7.81. The number of benzene rings is 3. The molecule has 3 nitrogen and oxygen atoms in total. The first-order valence-corrected chi connectivity index (χ1v) is 11.5. The smallest absolute Gasteiger partial charge is 0.137 e. The molecule has 1 heterocycles. The predicted molar refractivity (Wildman–Crippen MR) is 126 cm³/mol. The summed E-state index contributed by atoms with van der Waals surface area (Å²) in [6, 6.07) is 27.2. The van der Waals surface area contributed by atoms with Gasteiger partial charge in [0, 0.05) is 31.5 Å². The maximum atomic E-state index is 13.7. The number of rotatable bonds is 9. The van der Waals surface area contributed by atoms with Crippen LogP contribution in [-0.4, -0.2) is 23.8 Å². The molecule has 0 spiro atoms. The molecule has 0 bridgehead atoms. The van der Waals surface area contributed by atoms with Crippen LogP contribution in [0.15, 0.2) is 84.9 Å². The van der Waals surface area contributed by atoms with E-state index in [0.717, 1.165) is 44.6 Å². The number of nitrogens with zero attached hydrogens (tertiary/aromatic N) is 1. The van der Waals surface area contributed by atoms with Gasteiger partial charge in [0.15, 0.2) is 0 Å². The molecular formula is C28H31FN2O. The highest BCUT2D eigenvalue weighted by molar-refractivity contribution is 5.82. The van der Waals surface area contributed by atoms with Crippen molar-refractivity contribution >= 4 is 5.78 Å². The number of hydrogen-bond acceptors (Lipinski definition) is 3. The van der Waals surface area contributed by atoms with Gasteiger partial charge in [-0.1, -0.05) is 72.8 Å². The monoisotopic (exact) mass is 430 g/mol. The van der Waals surface area contributed by atoms with E-state index in [4.69, 9.17) is 0 Å². The lowest BCUT2D eigenvalue weighted by atomic mass is 9.87. The fourth-order valence-electron chi connectivity index (χ4n) is 4.56. The summed E-state index contributed by atoms with van der Waals surface area (Å²) in [4.78, 5) is 15.7. The minimum atomic E-state index is -0.255. The molecule has 0 amide bonds. The van der Waals surface area contributed by atoms with E-state index in [1.807, 2.05) is 48.5 Å². The third-order valence-electron chi connectivity index (χ3n) is 6.34. The summed E-state index contributed by atoms with van der Waals surface area (Å²) in [6.45, 7) is 3.24. The fraction of sp³-hybridized carbons (Fsp3) is 0.321. The SMILES string of the molecule is O=C(C[C@H](c1ccc(F)cc1)N(Cc1ccccc1)Cc1ccccc1)C1CCNCC1. The fourth-order valence-corrected chi connectivity index (χ4v) is 4.56. The number of ketones is 1. The Bertz CT molecular complexity index is 928. The van der Waals surface area contributed by atoms with Gasteiger partial charge in [0.25, 0.3) is 0 Å². The molecule has 0 unspecified atom stereocenters. The van der Waals surface area contributed by atoms with Gasteiger partial charge in [0.1, 0.15) is 11.6 Å². The summed E-state index contributed by atoms with van der Waals surface area (Å²) < 4.78 is 13.7. The van der Waals surface area contributed by atoms with Crippen molar-refractivity contribution in [2.75, 3.05) is 13.1 Å². The van der Waals surface area contributed by atoms with Crippen molar-refractivity contribution in [3.05, 3.63) is 107 Å². The molecule has 1 aliphatic heterocycles. The van der Waals surface area contributed by atoms with Gasteiger partial charge in [-0.2, -0.15) is 0 Å². The van der Waals surface area contributed by atoms with E-state index in [-0.39, 0.29) is 17.8 Å². The van der Waals surface area contributed by atoms with E-state index in [1.54, 1.807) is 0 Å². The molecular weight excluding hydrogens is 399 g/mol. The van der Waals surface area contributed by atoms with Gasteiger partial charge in [0.05, 0.1) is 0 Å².